The molecule has 0 atom stereocenters. The normalized spacial score (nSPS) is 16.2. The van der Waals surface area contributed by atoms with E-state index >= 15 is 0 Å². The SMILES string of the molecule is Cc1c(NC(=O)C2CCNCC2)cccc1S(=O)(=O)NC(C)(C)C.Cl. The fourth-order valence-corrected chi connectivity index (χ4v) is 4.50. The molecule has 0 spiro atoms. The number of rotatable bonds is 4. The first-order valence-electron chi connectivity index (χ1n) is 8.25. The van der Waals surface area contributed by atoms with Crippen molar-refractivity contribution in [2.75, 3.05) is 18.4 Å². The highest BCUT2D eigenvalue weighted by atomic mass is 35.5. The van der Waals surface area contributed by atoms with Gasteiger partial charge in [-0.2, -0.15) is 0 Å². The van der Waals surface area contributed by atoms with Gasteiger partial charge in [-0.25, -0.2) is 13.1 Å². The number of sulfonamides is 1. The van der Waals surface area contributed by atoms with Crippen LogP contribution >= 0.6 is 12.4 Å². The number of amides is 1. The average molecular weight is 390 g/mol. The van der Waals surface area contributed by atoms with E-state index in [2.05, 4.69) is 15.4 Å². The molecular weight excluding hydrogens is 362 g/mol. The van der Waals surface area contributed by atoms with Gasteiger partial charge in [0.15, 0.2) is 0 Å². The van der Waals surface area contributed by atoms with E-state index in [-0.39, 0.29) is 29.1 Å². The molecule has 1 heterocycles. The third kappa shape index (κ3) is 5.95. The maximum atomic E-state index is 12.6. The molecule has 0 unspecified atom stereocenters. The van der Waals surface area contributed by atoms with Gasteiger partial charge in [0.25, 0.3) is 0 Å². The monoisotopic (exact) mass is 389 g/mol. The summed E-state index contributed by atoms with van der Waals surface area (Å²) in [4.78, 5) is 12.6. The summed E-state index contributed by atoms with van der Waals surface area (Å²) in [5, 5.41) is 6.12. The predicted molar refractivity (Wildman–Crippen MR) is 103 cm³/mol. The first-order chi connectivity index (χ1) is 11.1. The number of hydrogen-bond acceptors (Lipinski definition) is 4. The van der Waals surface area contributed by atoms with Gasteiger partial charge in [-0.15, -0.1) is 12.4 Å². The zero-order valence-corrected chi connectivity index (χ0v) is 16.8. The zero-order chi connectivity index (χ0) is 18.0. The summed E-state index contributed by atoms with van der Waals surface area (Å²) >= 11 is 0. The van der Waals surface area contributed by atoms with Crippen LogP contribution in [0.1, 0.15) is 39.2 Å². The third-order valence-corrected chi connectivity index (χ3v) is 5.88. The maximum absolute atomic E-state index is 12.6. The molecule has 0 aromatic heterocycles. The Morgan fingerprint density at radius 1 is 1.20 bits per heavy atom. The summed E-state index contributed by atoms with van der Waals surface area (Å²) in [6.45, 7) is 8.77. The lowest BCUT2D eigenvalue weighted by molar-refractivity contribution is -0.120. The van der Waals surface area contributed by atoms with Crippen molar-refractivity contribution in [2.45, 2.75) is 51.0 Å². The van der Waals surface area contributed by atoms with E-state index in [4.69, 9.17) is 0 Å². The summed E-state index contributed by atoms with van der Waals surface area (Å²) < 4.78 is 27.8. The van der Waals surface area contributed by atoms with Crippen molar-refractivity contribution in [1.82, 2.24) is 10.0 Å². The molecule has 1 aliphatic rings. The second-order valence-electron chi connectivity index (χ2n) is 7.30. The van der Waals surface area contributed by atoms with E-state index in [1.807, 2.05) is 0 Å². The Labute approximate surface area is 156 Å². The number of carbonyl (C=O) groups is 1. The Bertz CT molecular complexity index is 708. The smallest absolute Gasteiger partial charge is 0.241 e. The molecule has 0 bridgehead atoms. The standard InChI is InChI=1S/C17H27N3O3S.ClH/c1-12-14(19-16(21)13-8-10-18-11-9-13)6-5-7-15(12)24(22,23)20-17(2,3)4;/h5-7,13,18,20H,8-11H2,1-4H3,(H,19,21);1H. The molecule has 1 aromatic carbocycles. The van der Waals surface area contributed by atoms with Crippen LogP contribution in [0.4, 0.5) is 5.69 Å². The van der Waals surface area contributed by atoms with Crippen LogP contribution in [0.25, 0.3) is 0 Å². The molecule has 0 radical (unpaired) electrons. The molecule has 6 nitrogen and oxygen atoms in total. The van der Waals surface area contributed by atoms with E-state index in [1.54, 1.807) is 45.9 Å². The fraction of sp³-hybridized carbons (Fsp3) is 0.588. The van der Waals surface area contributed by atoms with E-state index in [1.165, 1.54) is 0 Å². The summed E-state index contributed by atoms with van der Waals surface area (Å²) in [6, 6.07) is 4.95. The van der Waals surface area contributed by atoms with E-state index < -0.39 is 15.6 Å². The number of carbonyl (C=O) groups excluding carboxylic acids is 1. The van der Waals surface area contributed by atoms with Gasteiger partial charge < -0.3 is 10.6 Å². The highest BCUT2D eigenvalue weighted by molar-refractivity contribution is 7.89. The van der Waals surface area contributed by atoms with Crippen LogP contribution in [0.15, 0.2) is 23.1 Å². The van der Waals surface area contributed by atoms with E-state index in [9.17, 15) is 13.2 Å². The molecule has 142 valence electrons. The topological polar surface area (TPSA) is 87.3 Å². The second-order valence-corrected chi connectivity index (χ2v) is 8.95. The number of anilines is 1. The summed E-state index contributed by atoms with van der Waals surface area (Å²) in [7, 11) is -3.64. The molecule has 1 amide bonds. The molecule has 0 aliphatic carbocycles. The molecule has 2 rings (SSSR count). The molecule has 1 aromatic rings. The van der Waals surface area contributed by atoms with Gasteiger partial charge in [-0.05, 0) is 71.3 Å². The van der Waals surface area contributed by atoms with Crippen molar-refractivity contribution in [3.8, 4) is 0 Å². The van der Waals surface area contributed by atoms with E-state index in [0.29, 0.717) is 11.3 Å². The Morgan fingerprint density at radius 3 is 2.36 bits per heavy atom. The van der Waals surface area contributed by atoms with Gasteiger partial charge in [-0.1, -0.05) is 6.07 Å². The van der Waals surface area contributed by atoms with Crippen LogP contribution < -0.4 is 15.4 Å². The predicted octanol–water partition coefficient (Wildman–Crippen LogP) is 2.43. The van der Waals surface area contributed by atoms with Gasteiger partial charge >= 0.3 is 0 Å². The minimum atomic E-state index is -3.64. The third-order valence-electron chi connectivity index (χ3n) is 3.98. The van der Waals surface area contributed by atoms with Crippen LogP contribution in [0.5, 0.6) is 0 Å². The van der Waals surface area contributed by atoms with E-state index in [0.717, 1.165) is 25.9 Å². The minimum absolute atomic E-state index is 0. The lowest BCUT2D eigenvalue weighted by atomic mass is 9.97. The molecule has 0 saturated carbocycles. The summed E-state index contributed by atoms with van der Waals surface area (Å²) in [6.07, 6.45) is 1.60. The van der Waals surface area contributed by atoms with Gasteiger partial charge in [0, 0.05) is 17.1 Å². The molecular formula is C17H28ClN3O3S. The molecule has 25 heavy (non-hydrogen) atoms. The minimum Gasteiger partial charge on any atom is -0.326 e. The van der Waals surface area contributed by atoms with Crippen molar-refractivity contribution >= 4 is 34.0 Å². The van der Waals surface area contributed by atoms with Crippen molar-refractivity contribution in [2.24, 2.45) is 5.92 Å². The lowest BCUT2D eigenvalue weighted by Gasteiger charge is -2.23. The fourth-order valence-electron chi connectivity index (χ4n) is 2.82. The van der Waals surface area contributed by atoms with Crippen molar-refractivity contribution in [3.05, 3.63) is 23.8 Å². The largest absolute Gasteiger partial charge is 0.326 e. The van der Waals surface area contributed by atoms with Crippen molar-refractivity contribution in [1.29, 1.82) is 0 Å². The van der Waals surface area contributed by atoms with Crippen LogP contribution in [0, 0.1) is 12.8 Å². The Kier molecular flexibility index (Phi) is 7.43. The quantitative estimate of drug-likeness (QED) is 0.738. The maximum Gasteiger partial charge on any atom is 0.241 e. The molecule has 8 heteroatoms. The Balaban J connectivity index is 0.00000312. The first-order valence-corrected chi connectivity index (χ1v) is 9.74. The van der Waals surface area contributed by atoms with Crippen LogP contribution in [0.2, 0.25) is 0 Å². The Hall–Kier alpha value is -1.15. The van der Waals surface area contributed by atoms with Gasteiger partial charge in [0.1, 0.15) is 0 Å². The highest BCUT2D eigenvalue weighted by Gasteiger charge is 2.26. The zero-order valence-electron chi connectivity index (χ0n) is 15.2. The van der Waals surface area contributed by atoms with Crippen molar-refractivity contribution in [3.63, 3.8) is 0 Å². The number of nitrogens with one attached hydrogen (secondary N) is 3. The molecule has 1 aliphatic heterocycles. The van der Waals surface area contributed by atoms with Gasteiger partial charge in [0.2, 0.25) is 15.9 Å². The van der Waals surface area contributed by atoms with Crippen molar-refractivity contribution < 1.29 is 13.2 Å². The van der Waals surface area contributed by atoms with Crippen LogP contribution in [-0.4, -0.2) is 33.0 Å². The number of piperidine rings is 1. The lowest BCUT2D eigenvalue weighted by Crippen LogP contribution is -2.40. The summed E-state index contributed by atoms with van der Waals surface area (Å²) in [5.41, 5.74) is 0.534. The second kappa shape index (κ2) is 8.49. The summed E-state index contributed by atoms with van der Waals surface area (Å²) in [5.74, 6) is -0.0726. The molecule has 1 saturated heterocycles. The number of hydrogen-bond donors (Lipinski definition) is 3. The van der Waals surface area contributed by atoms with Crippen LogP contribution in [-0.2, 0) is 14.8 Å². The highest BCUT2D eigenvalue weighted by Crippen LogP contribution is 2.25. The first kappa shape index (κ1) is 21.9. The molecule has 3 N–H and O–H groups in total. The number of benzene rings is 1. The average Bonchev–Trinajstić information content (AvgIpc) is 2.47. The van der Waals surface area contributed by atoms with Gasteiger partial charge in [-0.3, -0.25) is 4.79 Å². The molecule has 1 fully saturated rings. The number of halogens is 1. The van der Waals surface area contributed by atoms with Gasteiger partial charge in [0.05, 0.1) is 4.90 Å². The van der Waals surface area contributed by atoms with Crippen LogP contribution in [0.3, 0.4) is 0 Å². The Morgan fingerprint density at radius 2 is 1.80 bits per heavy atom.